The van der Waals surface area contributed by atoms with Crippen molar-refractivity contribution in [1.29, 1.82) is 0 Å². The lowest BCUT2D eigenvalue weighted by Crippen LogP contribution is -2.35. The lowest BCUT2D eigenvalue weighted by atomic mass is 9.88. The Morgan fingerprint density at radius 1 is 0.929 bits per heavy atom. The van der Waals surface area contributed by atoms with Crippen molar-refractivity contribution in [2.24, 2.45) is 0 Å². The number of nitrogens with zero attached hydrogens (tertiary/aromatic N) is 1. The molecule has 1 aliphatic heterocycles. The molecule has 0 N–H and O–H groups in total. The monoisotopic (exact) mass is 387 g/mol. The summed E-state index contributed by atoms with van der Waals surface area (Å²) in [6.07, 6.45) is 6.56. The van der Waals surface area contributed by atoms with Gasteiger partial charge >= 0.3 is 0 Å². The molecule has 2 aromatic carbocycles. The normalized spacial score (nSPS) is 19.3. The number of hydrogen-bond donors (Lipinski definition) is 0. The van der Waals surface area contributed by atoms with Gasteiger partial charge in [0, 0.05) is 22.8 Å². The van der Waals surface area contributed by atoms with Gasteiger partial charge in [0.25, 0.3) is 0 Å². The first-order chi connectivity index (χ1) is 13.7. The van der Waals surface area contributed by atoms with E-state index in [0.29, 0.717) is 6.04 Å². The van der Waals surface area contributed by atoms with E-state index in [4.69, 9.17) is 0 Å². The fraction of sp³-hybridized carbons (Fsp3) is 0.385. The molecule has 0 fully saturated rings. The zero-order chi connectivity index (χ0) is 19.1. The molecular formula is C26H29NS. The first-order valence-electron chi connectivity index (χ1n) is 10.7. The predicted molar refractivity (Wildman–Crippen MR) is 119 cm³/mol. The molecule has 0 radical (unpaired) electrons. The summed E-state index contributed by atoms with van der Waals surface area (Å²) in [4.78, 5) is 6.04. The van der Waals surface area contributed by atoms with Crippen LogP contribution in [0.1, 0.15) is 62.0 Å². The van der Waals surface area contributed by atoms with Crippen LogP contribution in [0.15, 0.2) is 48.5 Å². The number of benzene rings is 2. The highest BCUT2D eigenvalue weighted by molar-refractivity contribution is 7.12. The fourth-order valence-corrected chi connectivity index (χ4v) is 6.66. The van der Waals surface area contributed by atoms with E-state index in [0.717, 1.165) is 13.1 Å². The van der Waals surface area contributed by atoms with Gasteiger partial charge in [-0.15, -0.1) is 11.3 Å². The maximum Gasteiger partial charge on any atom is 0.0702 e. The van der Waals surface area contributed by atoms with Crippen molar-refractivity contribution in [3.05, 3.63) is 91.7 Å². The van der Waals surface area contributed by atoms with Crippen LogP contribution in [0.25, 0.3) is 0 Å². The minimum Gasteiger partial charge on any atom is -0.287 e. The largest absolute Gasteiger partial charge is 0.287 e. The Balaban J connectivity index is 1.58. The number of fused-ring (bicyclic) bond motifs is 3. The van der Waals surface area contributed by atoms with E-state index in [-0.39, 0.29) is 0 Å². The second-order valence-electron chi connectivity index (χ2n) is 8.52. The quantitative estimate of drug-likeness (QED) is 0.503. The van der Waals surface area contributed by atoms with Gasteiger partial charge in [-0.1, -0.05) is 54.1 Å². The minimum absolute atomic E-state index is 0.403. The van der Waals surface area contributed by atoms with Gasteiger partial charge in [0.05, 0.1) is 6.04 Å². The number of hydrogen-bond acceptors (Lipinski definition) is 2. The molecule has 2 heteroatoms. The SMILES string of the molecule is Cc1ccc(C)c(CN2CCc3c(sc4c3CCCC4)[C@@H]2c2ccccc2)c1. The smallest absolute Gasteiger partial charge is 0.0702 e. The third-order valence-corrected chi connectivity index (χ3v) is 7.95. The van der Waals surface area contributed by atoms with Crippen molar-refractivity contribution >= 4 is 11.3 Å². The zero-order valence-corrected chi connectivity index (χ0v) is 17.8. The summed E-state index contributed by atoms with van der Waals surface area (Å²) in [7, 11) is 0. The van der Waals surface area contributed by atoms with Crippen LogP contribution in [0.4, 0.5) is 0 Å². The first-order valence-corrected chi connectivity index (χ1v) is 11.5. The Kier molecular flexibility index (Phi) is 4.86. The third-order valence-electron chi connectivity index (χ3n) is 6.57. The molecule has 3 aromatic rings. The summed E-state index contributed by atoms with van der Waals surface area (Å²) in [5.41, 5.74) is 9.12. The Labute approximate surface area is 173 Å². The van der Waals surface area contributed by atoms with Gasteiger partial charge in [-0.25, -0.2) is 0 Å². The molecule has 0 unspecified atom stereocenters. The first kappa shape index (κ1) is 18.1. The van der Waals surface area contributed by atoms with Gasteiger partial charge in [-0.05, 0) is 73.8 Å². The average Bonchev–Trinajstić information content (AvgIpc) is 3.10. The molecule has 0 spiro atoms. The fourth-order valence-electron chi connectivity index (χ4n) is 5.06. The van der Waals surface area contributed by atoms with Gasteiger partial charge < -0.3 is 0 Å². The summed E-state index contributed by atoms with van der Waals surface area (Å²) >= 11 is 2.12. The van der Waals surface area contributed by atoms with Gasteiger partial charge in [0.2, 0.25) is 0 Å². The number of rotatable bonds is 3. The summed E-state index contributed by atoms with van der Waals surface area (Å²) in [6, 6.07) is 18.5. The Hall–Kier alpha value is -1.90. The molecule has 1 aliphatic carbocycles. The second kappa shape index (κ2) is 7.50. The molecule has 1 atom stereocenters. The van der Waals surface area contributed by atoms with Crippen LogP contribution >= 0.6 is 11.3 Å². The van der Waals surface area contributed by atoms with Crippen LogP contribution in [0.2, 0.25) is 0 Å². The van der Waals surface area contributed by atoms with Crippen molar-refractivity contribution < 1.29 is 0 Å². The van der Waals surface area contributed by atoms with Gasteiger partial charge in [0.15, 0.2) is 0 Å². The lowest BCUT2D eigenvalue weighted by Gasteiger charge is -2.37. The van der Waals surface area contributed by atoms with Crippen LogP contribution in [-0.2, 0) is 25.8 Å². The molecule has 5 rings (SSSR count). The molecular weight excluding hydrogens is 358 g/mol. The summed E-state index contributed by atoms with van der Waals surface area (Å²) in [6.45, 7) is 6.66. The van der Waals surface area contributed by atoms with E-state index in [1.807, 2.05) is 0 Å². The summed E-state index contributed by atoms with van der Waals surface area (Å²) < 4.78 is 0. The molecule has 0 bridgehead atoms. The molecule has 0 saturated carbocycles. The van der Waals surface area contributed by atoms with Crippen molar-refractivity contribution in [2.75, 3.05) is 6.54 Å². The van der Waals surface area contributed by atoms with E-state index in [1.54, 1.807) is 20.9 Å². The average molecular weight is 388 g/mol. The van der Waals surface area contributed by atoms with E-state index < -0.39 is 0 Å². The van der Waals surface area contributed by atoms with Crippen LogP contribution in [0, 0.1) is 13.8 Å². The second-order valence-corrected chi connectivity index (χ2v) is 9.65. The number of aryl methyl sites for hydroxylation is 3. The standard InChI is InChI=1S/C26H29NS/c1-18-12-13-19(2)21(16-18)17-27-15-14-23-22-10-6-7-11-24(22)28-26(23)25(27)20-8-4-3-5-9-20/h3-5,8-9,12-13,16,25H,6-7,10-11,14-15,17H2,1-2H3/t25-/m0/s1. The Bertz CT molecular complexity index is 985. The van der Waals surface area contributed by atoms with Crippen molar-refractivity contribution in [3.8, 4) is 0 Å². The molecule has 2 heterocycles. The van der Waals surface area contributed by atoms with E-state index >= 15 is 0 Å². The Morgan fingerprint density at radius 2 is 1.75 bits per heavy atom. The van der Waals surface area contributed by atoms with Crippen molar-refractivity contribution in [2.45, 2.75) is 58.5 Å². The highest BCUT2D eigenvalue weighted by atomic mass is 32.1. The van der Waals surface area contributed by atoms with Crippen molar-refractivity contribution in [1.82, 2.24) is 4.90 Å². The maximum atomic E-state index is 2.72. The van der Waals surface area contributed by atoms with Gasteiger partial charge in [-0.3, -0.25) is 4.90 Å². The summed E-state index contributed by atoms with van der Waals surface area (Å²) in [5, 5.41) is 0. The van der Waals surface area contributed by atoms with Gasteiger partial charge in [-0.2, -0.15) is 0 Å². The summed E-state index contributed by atoms with van der Waals surface area (Å²) in [5.74, 6) is 0. The Morgan fingerprint density at radius 3 is 2.61 bits per heavy atom. The molecule has 2 aliphatic rings. The molecule has 1 aromatic heterocycles. The maximum absolute atomic E-state index is 2.72. The lowest BCUT2D eigenvalue weighted by molar-refractivity contribution is 0.207. The van der Waals surface area contributed by atoms with E-state index in [9.17, 15) is 0 Å². The molecule has 0 saturated heterocycles. The van der Waals surface area contributed by atoms with E-state index in [2.05, 4.69) is 78.6 Å². The van der Waals surface area contributed by atoms with E-state index in [1.165, 1.54) is 54.4 Å². The third kappa shape index (κ3) is 3.23. The minimum atomic E-state index is 0.403. The van der Waals surface area contributed by atoms with Crippen LogP contribution in [-0.4, -0.2) is 11.4 Å². The van der Waals surface area contributed by atoms with Crippen molar-refractivity contribution in [3.63, 3.8) is 0 Å². The topological polar surface area (TPSA) is 3.24 Å². The molecule has 144 valence electrons. The highest BCUT2D eigenvalue weighted by Crippen LogP contribution is 2.45. The molecule has 28 heavy (non-hydrogen) atoms. The van der Waals surface area contributed by atoms with Crippen LogP contribution in [0.5, 0.6) is 0 Å². The zero-order valence-electron chi connectivity index (χ0n) is 17.0. The highest BCUT2D eigenvalue weighted by Gasteiger charge is 2.34. The van der Waals surface area contributed by atoms with Crippen LogP contribution < -0.4 is 0 Å². The van der Waals surface area contributed by atoms with Crippen LogP contribution in [0.3, 0.4) is 0 Å². The number of thiophene rings is 1. The predicted octanol–water partition coefficient (Wildman–Crippen LogP) is 6.39. The molecule has 0 amide bonds. The van der Waals surface area contributed by atoms with Gasteiger partial charge in [0.1, 0.15) is 0 Å². The molecule has 1 nitrogen and oxygen atoms in total.